The van der Waals surface area contributed by atoms with Gasteiger partial charge in [-0.05, 0) is 50.2 Å². The number of aromatic nitrogens is 5. The predicted molar refractivity (Wildman–Crippen MR) is 129 cm³/mol. The third-order valence-electron chi connectivity index (χ3n) is 5.50. The molecule has 10 heteroatoms. The molecule has 3 aromatic heterocycles. The van der Waals surface area contributed by atoms with Crippen molar-refractivity contribution >= 4 is 17.5 Å². The molecule has 0 aliphatic heterocycles. The first-order valence-corrected chi connectivity index (χ1v) is 11.7. The molecule has 0 fully saturated rings. The fraction of sp³-hybridized carbons (Fsp3) is 0.200. The zero-order valence-corrected chi connectivity index (χ0v) is 19.9. The van der Waals surface area contributed by atoms with E-state index >= 15 is 0 Å². The number of hydrogen-bond acceptors (Lipinski definition) is 5. The van der Waals surface area contributed by atoms with Crippen LogP contribution < -0.4 is 0 Å². The molecule has 0 saturated heterocycles. The number of ketones is 1. The van der Waals surface area contributed by atoms with E-state index in [0.29, 0.717) is 28.7 Å². The molecule has 35 heavy (non-hydrogen) atoms. The molecular formula is C25H22F3N5OS. The number of nitrogens with zero attached hydrogens (tertiary/aromatic N) is 5. The number of halogens is 3. The van der Waals surface area contributed by atoms with Gasteiger partial charge < -0.3 is 4.57 Å². The summed E-state index contributed by atoms with van der Waals surface area (Å²) in [5.41, 5.74) is 2.41. The lowest BCUT2D eigenvalue weighted by Crippen LogP contribution is -2.09. The van der Waals surface area contributed by atoms with Crippen LogP contribution in [0.25, 0.3) is 17.1 Å². The van der Waals surface area contributed by atoms with E-state index in [4.69, 9.17) is 0 Å². The summed E-state index contributed by atoms with van der Waals surface area (Å²) in [5.74, 6) is 0.263. The van der Waals surface area contributed by atoms with Gasteiger partial charge in [-0.1, -0.05) is 23.9 Å². The molecule has 0 atom stereocenters. The molecule has 180 valence electrons. The third-order valence-corrected chi connectivity index (χ3v) is 6.43. The van der Waals surface area contributed by atoms with Gasteiger partial charge in [0.2, 0.25) is 0 Å². The van der Waals surface area contributed by atoms with Crippen LogP contribution in [0.3, 0.4) is 0 Å². The van der Waals surface area contributed by atoms with Crippen LogP contribution in [0.2, 0.25) is 0 Å². The van der Waals surface area contributed by atoms with Crippen LogP contribution in [0, 0.1) is 13.8 Å². The molecule has 6 nitrogen and oxygen atoms in total. The normalized spacial score (nSPS) is 11.6. The monoisotopic (exact) mass is 497 g/mol. The molecule has 0 spiro atoms. The van der Waals surface area contributed by atoms with Crippen molar-refractivity contribution in [3.8, 4) is 17.1 Å². The lowest BCUT2D eigenvalue weighted by molar-refractivity contribution is -0.137. The number of thioether (sulfide) groups is 1. The summed E-state index contributed by atoms with van der Waals surface area (Å²) in [4.78, 5) is 17.1. The van der Waals surface area contributed by atoms with E-state index in [9.17, 15) is 18.0 Å². The molecule has 4 rings (SSSR count). The molecule has 0 aliphatic carbocycles. The third kappa shape index (κ3) is 5.07. The molecule has 0 bridgehead atoms. The van der Waals surface area contributed by atoms with Gasteiger partial charge in [-0.25, -0.2) is 0 Å². The van der Waals surface area contributed by atoms with Gasteiger partial charge in [0, 0.05) is 41.5 Å². The highest BCUT2D eigenvalue weighted by Gasteiger charge is 2.31. The zero-order valence-electron chi connectivity index (χ0n) is 19.1. The molecule has 0 N–H and O–H groups in total. The number of benzene rings is 1. The average Bonchev–Trinajstić information content (AvgIpc) is 3.39. The Morgan fingerprint density at radius 3 is 2.63 bits per heavy atom. The number of rotatable bonds is 8. The van der Waals surface area contributed by atoms with Crippen molar-refractivity contribution in [2.75, 3.05) is 5.75 Å². The Kier molecular flexibility index (Phi) is 6.93. The molecular weight excluding hydrogens is 475 g/mol. The number of aryl methyl sites for hydroxylation is 1. The highest BCUT2D eigenvalue weighted by Crippen LogP contribution is 2.33. The first kappa shape index (κ1) is 24.5. The maximum atomic E-state index is 13.4. The Balaban J connectivity index is 1.70. The number of Topliss-reactive ketones (excluding diaryl/α,β-unsaturated/α-hetero) is 1. The van der Waals surface area contributed by atoms with Gasteiger partial charge in [0.05, 0.1) is 17.0 Å². The SMILES string of the molecule is C=CCn1c(C)cc(C(=O)CSc2nnc(-c3cccnc3)n2-c2cccc(C(F)(F)F)c2)c1C. The summed E-state index contributed by atoms with van der Waals surface area (Å²) in [6, 6.07) is 10.2. The molecule has 0 aliphatic rings. The first-order chi connectivity index (χ1) is 16.7. The topological polar surface area (TPSA) is 65.6 Å². The van der Waals surface area contributed by atoms with Crippen molar-refractivity contribution in [2.24, 2.45) is 0 Å². The smallest absolute Gasteiger partial charge is 0.345 e. The maximum Gasteiger partial charge on any atom is 0.416 e. The Morgan fingerprint density at radius 2 is 1.94 bits per heavy atom. The van der Waals surface area contributed by atoms with Crippen molar-refractivity contribution in [1.29, 1.82) is 0 Å². The lowest BCUT2D eigenvalue weighted by Gasteiger charge is -2.13. The van der Waals surface area contributed by atoms with Crippen LogP contribution >= 0.6 is 11.8 Å². The van der Waals surface area contributed by atoms with Gasteiger partial charge in [-0.3, -0.25) is 14.3 Å². The van der Waals surface area contributed by atoms with E-state index in [2.05, 4.69) is 21.8 Å². The molecule has 0 amide bonds. The fourth-order valence-electron chi connectivity index (χ4n) is 3.80. The Hall–Kier alpha value is -3.66. The van der Waals surface area contributed by atoms with Crippen molar-refractivity contribution in [2.45, 2.75) is 31.7 Å². The van der Waals surface area contributed by atoms with Crippen molar-refractivity contribution in [3.63, 3.8) is 0 Å². The summed E-state index contributed by atoms with van der Waals surface area (Å²) >= 11 is 1.12. The molecule has 3 heterocycles. The summed E-state index contributed by atoms with van der Waals surface area (Å²) in [7, 11) is 0. The molecule has 0 saturated carbocycles. The second-order valence-electron chi connectivity index (χ2n) is 7.83. The Bertz CT molecular complexity index is 1380. The average molecular weight is 498 g/mol. The van der Waals surface area contributed by atoms with Crippen LogP contribution in [0.1, 0.15) is 27.3 Å². The minimum Gasteiger partial charge on any atom is -0.345 e. The second kappa shape index (κ2) is 9.91. The van der Waals surface area contributed by atoms with Crippen LogP contribution in [-0.4, -0.2) is 35.9 Å². The number of alkyl halides is 3. The van der Waals surface area contributed by atoms with Crippen LogP contribution in [0.4, 0.5) is 13.2 Å². The molecule has 0 unspecified atom stereocenters. The maximum absolute atomic E-state index is 13.4. The number of carbonyl (C=O) groups excluding carboxylic acids is 1. The van der Waals surface area contributed by atoms with Gasteiger partial charge >= 0.3 is 6.18 Å². The van der Waals surface area contributed by atoms with E-state index in [1.54, 1.807) is 36.7 Å². The fourth-order valence-corrected chi connectivity index (χ4v) is 4.64. The highest BCUT2D eigenvalue weighted by molar-refractivity contribution is 7.99. The van der Waals surface area contributed by atoms with Crippen molar-refractivity contribution in [1.82, 2.24) is 24.3 Å². The van der Waals surface area contributed by atoms with Crippen molar-refractivity contribution < 1.29 is 18.0 Å². The van der Waals surface area contributed by atoms with E-state index in [0.717, 1.165) is 35.3 Å². The lowest BCUT2D eigenvalue weighted by atomic mass is 10.2. The number of allylic oxidation sites excluding steroid dienone is 1. The van der Waals surface area contributed by atoms with E-state index in [1.165, 1.54) is 10.6 Å². The zero-order chi connectivity index (χ0) is 25.2. The molecule has 0 radical (unpaired) electrons. The van der Waals surface area contributed by atoms with Crippen molar-refractivity contribution in [3.05, 3.63) is 90.0 Å². The second-order valence-corrected chi connectivity index (χ2v) is 8.77. The van der Waals surface area contributed by atoms with Gasteiger partial charge in [0.1, 0.15) is 0 Å². The van der Waals surface area contributed by atoms with E-state index in [1.807, 2.05) is 24.5 Å². The van der Waals surface area contributed by atoms with Gasteiger partial charge in [0.15, 0.2) is 16.8 Å². The Morgan fingerprint density at radius 1 is 1.14 bits per heavy atom. The minimum absolute atomic E-state index is 0.0442. The van der Waals surface area contributed by atoms with Crippen LogP contribution in [-0.2, 0) is 12.7 Å². The van der Waals surface area contributed by atoms with Gasteiger partial charge in [-0.15, -0.1) is 16.8 Å². The number of pyridine rings is 1. The van der Waals surface area contributed by atoms with Crippen LogP contribution in [0.5, 0.6) is 0 Å². The van der Waals surface area contributed by atoms with Gasteiger partial charge in [0.25, 0.3) is 0 Å². The number of carbonyl (C=O) groups is 1. The molecule has 1 aromatic carbocycles. The Labute approximate surface area is 204 Å². The highest BCUT2D eigenvalue weighted by atomic mass is 32.2. The largest absolute Gasteiger partial charge is 0.416 e. The predicted octanol–water partition coefficient (Wildman–Crippen LogP) is 5.93. The number of hydrogen-bond donors (Lipinski definition) is 0. The quantitative estimate of drug-likeness (QED) is 0.172. The summed E-state index contributed by atoms with van der Waals surface area (Å²) < 4.78 is 43.7. The summed E-state index contributed by atoms with van der Waals surface area (Å²) in [5, 5.41) is 8.71. The molecule has 4 aromatic rings. The van der Waals surface area contributed by atoms with E-state index < -0.39 is 11.7 Å². The van der Waals surface area contributed by atoms with Crippen LogP contribution in [0.15, 0.2) is 72.7 Å². The van der Waals surface area contributed by atoms with E-state index in [-0.39, 0.29) is 17.2 Å². The minimum atomic E-state index is -4.50. The first-order valence-electron chi connectivity index (χ1n) is 10.7. The van der Waals surface area contributed by atoms with Gasteiger partial charge in [-0.2, -0.15) is 13.2 Å². The summed E-state index contributed by atoms with van der Waals surface area (Å²) in [6.45, 7) is 8.14. The standard InChI is InChI=1S/C25H22F3N5OS/c1-4-11-32-16(2)12-21(17(32)3)22(34)15-35-24-31-30-23(18-7-6-10-29-14-18)33(24)20-9-5-8-19(13-20)25(26,27)28/h4-10,12-14H,1,11,15H2,2-3H3. The summed E-state index contributed by atoms with van der Waals surface area (Å²) in [6.07, 6.45) is 0.407.